The molecule has 9 nitrogen and oxygen atoms in total. The van der Waals surface area contributed by atoms with E-state index in [2.05, 4.69) is 0 Å². The highest BCUT2D eigenvalue weighted by molar-refractivity contribution is 6.43. The number of carbonyl (C=O) groups excluding carboxylic acids is 2. The quantitative estimate of drug-likeness (QED) is 0.0608. The maximum Gasteiger partial charge on any atom is 0.455 e. The molecule has 6 rings (SSSR count). The van der Waals surface area contributed by atoms with Crippen molar-refractivity contribution in [1.29, 1.82) is 0 Å². The number of para-hydroxylation sites is 1. The number of ether oxygens (including phenoxy) is 1. The molecule has 0 bridgehead atoms. The number of unbranched alkanes of at least 4 members (excludes halogenated alkanes) is 2. The lowest BCUT2D eigenvalue weighted by molar-refractivity contribution is -0.141. The van der Waals surface area contributed by atoms with E-state index >= 15 is 0 Å². The first kappa shape index (κ1) is 34.2. The number of phenolic OH excluding ortho intramolecular Hbond substituents is 1. The number of nitrogens with zero attached hydrogens (tertiary/aromatic N) is 1. The van der Waals surface area contributed by atoms with Crippen molar-refractivity contribution in [2.45, 2.75) is 57.4 Å². The molecule has 49 heavy (non-hydrogen) atoms. The van der Waals surface area contributed by atoms with Crippen LogP contribution < -0.4 is 4.74 Å². The number of rotatable bonds is 14. The third-order valence-corrected chi connectivity index (χ3v) is 9.86. The lowest BCUT2D eigenvalue weighted by atomic mass is 9.58. The average Bonchev–Trinajstić information content (AvgIpc) is 3.34. The zero-order valence-corrected chi connectivity index (χ0v) is 27.4. The molecular weight excluding hydrogens is 621 g/mol. The van der Waals surface area contributed by atoms with E-state index in [1.54, 1.807) is 18.2 Å². The second-order valence-electron chi connectivity index (χ2n) is 13.1. The molecular formula is C39H42BNO8. The van der Waals surface area contributed by atoms with Gasteiger partial charge in [0.2, 0.25) is 11.8 Å². The van der Waals surface area contributed by atoms with Crippen molar-refractivity contribution in [3.05, 3.63) is 107 Å². The number of amides is 2. The van der Waals surface area contributed by atoms with Crippen LogP contribution in [0, 0.1) is 17.8 Å². The normalized spacial score (nSPS) is 22.3. The fourth-order valence-electron chi connectivity index (χ4n) is 7.65. The van der Waals surface area contributed by atoms with Gasteiger partial charge in [0.25, 0.3) is 0 Å². The van der Waals surface area contributed by atoms with Crippen LogP contribution in [-0.4, -0.2) is 64.3 Å². The van der Waals surface area contributed by atoms with E-state index in [1.165, 1.54) is 4.90 Å². The molecule has 3 aromatic carbocycles. The Morgan fingerprint density at radius 3 is 2.41 bits per heavy atom. The van der Waals surface area contributed by atoms with Crippen molar-refractivity contribution >= 4 is 36.6 Å². The fraction of sp³-hybridized carbons (Fsp3) is 0.359. The summed E-state index contributed by atoms with van der Waals surface area (Å²) in [6.07, 6.45) is 4.91. The number of carboxylic acid groups (broad SMARTS) is 1. The highest BCUT2D eigenvalue weighted by Gasteiger charge is 2.57. The van der Waals surface area contributed by atoms with E-state index in [0.29, 0.717) is 44.3 Å². The molecule has 0 saturated carbocycles. The average molecular weight is 664 g/mol. The first-order valence-corrected chi connectivity index (χ1v) is 17.1. The predicted octanol–water partition coefficient (Wildman–Crippen LogP) is 6.23. The van der Waals surface area contributed by atoms with Crippen molar-refractivity contribution in [3.8, 4) is 11.5 Å². The Morgan fingerprint density at radius 2 is 1.67 bits per heavy atom. The second-order valence-corrected chi connectivity index (χ2v) is 13.1. The number of likely N-dealkylation sites (tertiary alicyclic amines) is 1. The Morgan fingerprint density at radius 1 is 0.918 bits per heavy atom. The van der Waals surface area contributed by atoms with Crippen molar-refractivity contribution in [2.24, 2.45) is 17.8 Å². The molecule has 1 aliphatic carbocycles. The summed E-state index contributed by atoms with van der Waals surface area (Å²) in [5.74, 6) is -1.95. The Labute approximate surface area is 287 Å². The minimum Gasteiger partial charge on any atom is -0.508 e. The lowest BCUT2D eigenvalue weighted by Crippen LogP contribution is -2.46. The molecule has 254 valence electrons. The van der Waals surface area contributed by atoms with Crippen LogP contribution in [0.25, 0.3) is 11.6 Å². The van der Waals surface area contributed by atoms with Gasteiger partial charge < -0.3 is 24.6 Å². The van der Waals surface area contributed by atoms with Crippen molar-refractivity contribution < 1.29 is 39.0 Å². The number of benzene rings is 3. The van der Waals surface area contributed by atoms with Gasteiger partial charge in [0, 0.05) is 13.0 Å². The van der Waals surface area contributed by atoms with Crippen LogP contribution in [0.1, 0.15) is 56.1 Å². The standard InChI is InChI=1S/C39H42BNO8/c42-30-14-10-11-26(22-30)21-28(27-12-4-1-5-13-27)18-19-34-36-29(25-48-31-15-6-2-7-16-31)23-32-37(33(36)24-40(47)49-34)39(46)41(38(32)45)20-9-3-8-17-35(43)44/h1-2,4-7,10-16,21-22,32-34,37,42,47H,3,8-9,17-20,23-25H2,(H,43,44)/b28-21-/t32-,33+,34-,37-/m1/s1. The summed E-state index contributed by atoms with van der Waals surface area (Å²) in [7, 11) is -1.10. The van der Waals surface area contributed by atoms with Gasteiger partial charge >= 0.3 is 13.1 Å². The van der Waals surface area contributed by atoms with Crippen molar-refractivity contribution in [2.75, 3.05) is 13.2 Å². The number of carboxylic acids is 1. The first-order valence-electron chi connectivity index (χ1n) is 17.1. The van der Waals surface area contributed by atoms with Crippen LogP contribution >= 0.6 is 0 Å². The summed E-state index contributed by atoms with van der Waals surface area (Å²) in [6, 6.07) is 26.5. The zero-order chi connectivity index (χ0) is 34.3. The summed E-state index contributed by atoms with van der Waals surface area (Å²) in [6.45, 7) is 0.487. The number of hydrogen-bond donors (Lipinski definition) is 3. The topological polar surface area (TPSA) is 134 Å². The summed E-state index contributed by atoms with van der Waals surface area (Å²) in [5, 5.41) is 30.1. The smallest absolute Gasteiger partial charge is 0.455 e. The molecule has 2 aliphatic heterocycles. The molecule has 3 aliphatic rings. The molecule has 2 amide bonds. The van der Waals surface area contributed by atoms with Gasteiger partial charge in [-0.3, -0.25) is 19.3 Å². The van der Waals surface area contributed by atoms with E-state index in [9.17, 15) is 24.5 Å². The molecule has 0 spiro atoms. The van der Waals surface area contributed by atoms with E-state index in [1.807, 2.05) is 72.8 Å². The van der Waals surface area contributed by atoms with Crippen LogP contribution in [0.5, 0.6) is 11.5 Å². The van der Waals surface area contributed by atoms with E-state index in [0.717, 1.165) is 27.8 Å². The molecule has 10 heteroatoms. The molecule has 3 aromatic rings. The Balaban J connectivity index is 1.29. The van der Waals surface area contributed by atoms with E-state index < -0.39 is 31.0 Å². The van der Waals surface area contributed by atoms with Crippen LogP contribution in [0.3, 0.4) is 0 Å². The zero-order valence-electron chi connectivity index (χ0n) is 27.4. The van der Waals surface area contributed by atoms with Gasteiger partial charge in [-0.25, -0.2) is 0 Å². The highest BCUT2D eigenvalue weighted by atomic mass is 16.5. The summed E-state index contributed by atoms with van der Waals surface area (Å²) < 4.78 is 12.5. The van der Waals surface area contributed by atoms with Gasteiger partial charge in [-0.1, -0.05) is 73.2 Å². The third-order valence-electron chi connectivity index (χ3n) is 9.86. The number of carbonyl (C=O) groups is 3. The number of imide groups is 1. The van der Waals surface area contributed by atoms with Gasteiger partial charge in [-0.2, -0.15) is 0 Å². The maximum atomic E-state index is 14.0. The number of aliphatic carboxylic acids is 1. The minimum atomic E-state index is -1.10. The van der Waals surface area contributed by atoms with Gasteiger partial charge in [-0.05, 0) is 96.5 Å². The minimum absolute atomic E-state index is 0.0571. The summed E-state index contributed by atoms with van der Waals surface area (Å²) in [5.41, 5.74) is 4.78. The van der Waals surface area contributed by atoms with Crippen molar-refractivity contribution in [1.82, 2.24) is 4.90 Å². The molecule has 0 aromatic heterocycles. The SMILES string of the molecule is O=C(O)CCCCCN1C(=O)[C@@H]2[C@@H](CC(COc3ccccc3)=C3[C@@H](CC/C(=C/c4cccc(O)c4)c4ccccc4)OB(O)C[C@@H]32)C1=O. The number of allylic oxidation sites excluding steroid dienone is 1. The van der Waals surface area contributed by atoms with Crippen LogP contribution in [0.4, 0.5) is 0 Å². The largest absolute Gasteiger partial charge is 0.508 e. The van der Waals surface area contributed by atoms with E-state index in [-0.39, 0.29) is 49.4 Å². The first-order chi connectivity index (χ1) is 23.8. The Kier molecular flexibility index (Phi) is 11.0. The molecule has 4 atom stereocenters. The highest BCUT2D eigenvalue weighted by Crippen LogP contribution is 2.51. The maximum absolute atomic E-state index is 14.0. The molecule has 2 heterocycles. The van der Waals surface area contributed by atoms with Crippen LogP contribution in [-0.2, 0) is 19.0 Å². The number of aromatic hydroxyl groups is 1. The molecule has 2 saturated heterocycles. The lowest BCUT2D eigenvalue weighted by Gasteiger charge is -2.43. The number of fused-ring (bicyclic) bond motifs is 3. The number of phenols is 1. The Hall–Kier alpha value is -4.67. The molecule has 0 unspecified atom stereocenters. The number of hydrogen-bond acceptors (Lipinski definition) is 7. The molecule has 0 radical (unpaired) electrons. The summed E-state index contributed by atoms with van der Waals surface area (Å²) in [4.78, 5) is 40.0. The monoisotopic (exact) mass is 663 g/mol. The fourth-order valence-corrected chi connectivity index (χ4v) is 7.65. The van der Waals surface area contributed by atoms with Crippen LogP contribution in [0.15, 0.2) is 96.1 Å². The Bertz CT molecular complexity index is 1710. The van der Waals surface area contributed by atoms with Crippen LogP contribution in [0.2, 0.25) is 6.32 Å². The predicted molar refractivity (Wildman–Crippen MR) is 186 cm³/mol. The van der Waals surface area contributed by atoms with Gasteiger partial charge in [0.1, 0.15) is 18.1 Å². The van der Waals surface area contributed by atoms with Gasteiger partial charge in [0.15, 0.2) is 0 Å². The summed E-state index contributed by atoms with van der Waals surface area (Å²) >= 11 is 0. The van der Waals surface area contributed by atoms with Gasteiger partial charge in [0.05, 0.1) is 17.9 Å². The molecule has 3 N–H and O–H groups in total. The van der Waals surface area contributed by atoms with E-state index in [4.69, 9.17) is 14.5 Å². The third kappa shape index (κ3) is 8.15. The van der Waals surface area contributed by atoms with Gasteiger partial charge in [-0.15, -0.1) is 0 Å². The second kappa shape index (κ2) is 15.7. The molecule has 2 fully saturated rings. The van der Waals surface area contributed by atoms with Crippen molar-refractivity contribution in [3.63, 3.8) is 0 Å².